The van der Waals surface area contributed by atoms with Crippen LogP contribution in [0.3, 0.4) is 0 Å². The van der Waals surface area contributed by atoms with Crippen LogP contribution in [0.2, 0.25) is 0 Å². The quantitative estimate of drug-likeness (QED) is 0.368. The van der Waals surface area contributed by atoms with E-state index in [1.807, 2.05) is 13.1 Å². The Balaban J connectivity index is 0.000000755. The van der Waals surface area contributed by atoms with Crippen LogP contribution in [0.25, 0.3) is 21.8 Å². The second-order valence-electron chi connectivity index (χ2n) is 7.24. The maximum absolute atomic E-state index is 8.36. The number of nitrogens with one attached hydrogen (secondary N) is 1. The van der Waals surface area contributed by atoms with Crippen LogP contribution < -0.4 is 10.1 Å². The van der Waals surface area contributed by atoms with Crippen LogP contribution in [0.5, 0.6) is 5.75 Å². The number of fused-ring (bicyclic) bond motifs is 2. The number of para-hydroxylation sites is 1. The Labute approximate surface area is 171 Å². The number of hydrogen-bond acceptors (Lipinski definition) is 5. The molecule has 1 fully saturated rings. The highest BCUT2D eigenvalue weighted by Crippen LogP contribution is 2.34. The molecule has 0 bridgehead atoms. The van der Waals surface area contributed by atoms with Gasteiger partial charge in [0.1, 0.15) is 5.75 Å². The third-order valence-corrected chi connectivity index (χ3v) is 5.30. The van der Waals surface area contributed by atoms with E-state index < -0.39 is 0 Å². The molecule has 29 heavy (non-hydrogen) atoms. The molecule has 154 valence electrons. The lowest BCUT2D eigenvalue weighted by atomic mass is 10.0. The van der Waals surface area contributed by atoms with Crippen molar-refractivity contribution in [3.8, 4) is 5.75 Å². The van der Waals surface area contributed by atoms with Gasteiger partial charge in [-0.2, -0.15) is 0 Å². The molecule has 0 atom stereocenters. The van der Waals surface area contributed by atoms with Crippen LogP contribution >= 0.6 is 0 Å². The third-order valence-electron chi connectivity index (χ3n) is 5.30. The molecular weight excluding hydrogens is 366 g/mol. The minimum Gasteiger partial charge on any atom is -0.493 e. The first-order valence-corrected chi connectivity index (χ1v) is 10.1. The molecule has 2 heterocycles. The van der Waals surface area contributed by atoms with Crippen molar-refractivity contribution >= 4 is 34.0 Å². The Bertz CT molecular complexity index is 968. The van der Waals surface area contributed by atoms with Crippen molar-refractivity contribution < 1.29 is 14.6 Å². The lowest BCUT2D eigenvalue weighted by molar-refractivity contribution is -0.122. The lowest BCUT2D eigenvalue weighted by Crippen LogP contribution is -2.21. The number of ether oxygens (including phenoxy) is 1. The van der Waals surface area contributed by atoms with E-state index in [0.717, 1.165) is 58.4 Å². The fourth-order valence-corrected chi connectivity index (χ4v) is 3.93. The molecule has 1 aromatic heterocycles. The number of rotatable bonds is 6. The number of pyridine rings is 1. The largest absolute Gasteiger partial charge is 0.493 e. The van der Waals surface area contributed by atoms with Crippen LogP contribution in [0, 0.1) is 6.92 Å². The third kappa shape index (κ3) is 4.95. The molecule has 2 aromatic carbocycles. The Morgan fingerprint density at radius 1 is 1.17 bits per heavy atom. The van der Waals surface area contributed by atoms with Crippen molar-refractivity contribution in [2.75, 3.05) is 38.6 Å². The van der Waals surface area contributed by atoms with Gasteiger partial charge in [-0.15, -0.1) is 0 Å². The maximum Gasteiger partial charge on any atom is 0.290 e. The first-order chi connectivity index (χ1) is 14.2. The fraction of sp³-hybridized carbons (Fsp3) is 0.391. The smallest absolute Gasteiger partial charge is 0.290 e. The Morgan fingerprint density at radius 3 is 2.62 bits per heavy atom. The summed E-state index contributed by atoms with van der Waals surface area (Å²) in [6, 6.07) is 12.5. The van der Waals surface area contributed by atoms with Gasteiger partial charge in [-0.05, 0) is 57.0 Å². The molecule has 1 aliphatic rings. The predicted molar refractivity (Wildman–Crippen MR) is 118 cm³/mol. The molecule has 6 heteroatoms. The van der Waals surface area contributed by atoms with E-state index in [1.54, 1.807) is 0 Å². The zero-order chi connectivity index (χ0) is 20.6. The van der Waals surface area contributed by atoms with Gasteiger partial charge in [0.15, 0.2) is 0 Å². The summed E-state index contributed by atoms with van der Waals surface area (Å²) in [5.74, 6) is 0.948. The van der Waals surface area contributed by atoms with Gasteiger partial charge >= 0.3 is 0 Å². The number of likely N-dealkylation sites (tertiary alicyclic amines) is 1. The molecule has 0 radical (unpaired) electrons. The topological polar surface area (TPSA) is 74.7 Å². The van der Waals surface area contributed by atoms with Gasteiger partial charge in [0, 0.05) is 30.4 Å². The molecule has 0 saturated carbocycles. The molecule has 0 aliphatic carbocycles. The monoisotopic (exact) mass is 395 g/mol. The zero-order valence-electron chi connectivity index (χ0n) is 17.1. The fourth-order valence-electron chi connectivity index (χ4n) is 3.93. The molecule has 0 unspecified atom stereocenters. The highest BCUT2D eigenvalue weighted by atomic mass is 16.5. The van der Waals surface area contributed by atoms with Gasteiger partial charge < -0.3 is 20.1 Å². The molecule has 0 spiro atoms. The summed E-state index contributed by atoms with van der Waals surface area (Å²) in [7, 11) is 1.97. The standard InChI is InChI=1S/C22H27N3O.CH2O2/c1-16-14-18-20(24-19-9-4-3-8-17(19)22(18)23-2)15-21(16)26-13-7-12-25-10-5-6-11-25;2-1-3/h3-4,8-9,14-15H,5-7,10-13H2,1-2H3,(H,23,24);1H,(H,2,3). The number of aromatic nitrogens is 1. The predicted octanol–water partition coefficient (Wildman–Crippen LogP) is 4.30. The second kappa shape index (κ2) is 10.1. The SMILES string of the molecule is CNc1c2ccccc2nc2cc(OCCCN3CCCC3)c(C)cc12.O=CO. The highest BCUT2D eigenvalue weighted by molar-refractivity contribution is 6.07. The van der Waals surface area contributed by atoms with Crippen molar-refractivity contribution in [2.45, 2.75) is 26.2 Å². The molecule has 6 nitrogen and oxygen atoms in total. The number of aryl methyl sites for hydroxylation is 1. The summed E-state index contributed by atoms with van der Waals surface area (Å²) in [4.78, 5) is 15.7. The van der Waals surface area contributed by atoms with Gasteiger partial charge in [0.2, 0.25) is 0 Å². The van der Waals surface area contributed by atoms with E-state index >= 15 is 0 Å². The van der Waals surface area contributed by atoms with Crippen LogP contribution in [-0.4, -0.2) is 54.8 Å². The maximum atomic E-state index is 8.36. The minimum atomic E-state index is -0.250. The van der Waals surface area contributed by atoms with E-state index in [-0.39, 0.29) is 6.47 Å². The van der Waals surface area contributed by atoms with Gasteiger partial charge in [-0.25, -0.2) is 4.98 Å². The summed E-state index contributed by atoms with van der Waals surface area (Å²) < 4.78 is 6.10. The van der Waals surface area contributed by atoms with Crippen molar-refractivity contribution in [3.63, 3.8) is 0 Å². The second-order valence-corrected chi connectivity index (χ2v) is 7.24. The summed E-state index contributed by atoms with van der Waals surface area (Å²) in [5, 5.41) is 12.5. The Kier molecular flexibility index (Phi) is 7.25. The number of hydrogen-bond donors (Lipinski definition) is 2. The molecular formula is C23H29N3O3. The van der Waals surface area contributed by atoms with Gasteiger partial charge in [-0.3, -0.25) is 4.79 Å². The first kappa shape index (κ1) is 20.9. The van der Waals surface area contributed by atoms with Crippen molar-refractivity contribution in [1.82, 2.24) is 9.88 Å². The van der Waals surface area contributed by atoms with E-state index in [2.05, 4.69) is 47.5 Å². The van der Waals surface area contributed by atoms with Gasteiger partial charge in [0.25, 0.3) is 6.47 Å². The van der Waals surface area contributed by atoms with Crippen LogP contribution in [0.1, 0.15) is 24.8 Å². The molecule has 4 rings (SSSR count). The normalized spacial score (nSPS) is 13.9. The average Bonchev–Trinajstić information content (AvgIpc) is 3.24. The van der Waals surface area contributed by atoms with Crippen molar-refractivity contribution in [3.05, 3.63) is 42.0 Å². The number of carbonyl (C=O) groups is 1. The van der Waals surface area contributed by atoms with Crippen molar-refractivity contribution in [2.24, 2.45) is 0 Å². The van der Waals surface area contributed by atoms with Crippen LogP contribution in [0.4, 0.5) is 5.69 Å². The van der Waals surface area contributed by atoms with E-state index in [0.29, 0.717) is 0 Å². The van der Waals surface area contributed by atoms with Crippen molar-refractivity contribution in [1.29, 1.82) is 0 Å². The molecule has 0 amide bonds. The zero-order valence-corrected chi connectivity index (χ0v) is 17.1. The summed E-state index contributed by atoms with van der Waals surface area (Å²) in [6.07, 6.45) is 3.76. The van der Waals surface area contributed by atoms with Crippen LogP contribution in [0.15, 0.2) is 36.4 Å². The lowest BCUT2D eigenvalue weighted by Gasteiger charge is -2.16. The molecule has 1 saturated heterocycles. The molecule has 1 aliphatic heterocycles. The number of benzene rings is 2. The summed E-state index contributed by atoms with van der Waals surface area (Å²) >= 11 is 0. The van der Waals surface area contributed by atoms with Gasteiger partial charge in [-0.1, -0.05) is 18.2 Å². The number of carboxylic acid groups (broad SMARTS) is 1. The average molecular weight is 396 g/mol. The summed E-state index contributed by atoms with van der Waals surface area (Å²) in [6.45, 7) is 6.26. The van der Waals surface area contributed by atoms with E-state index in [9.17, 15) is 0 Å². The minimum absolute atomic E-state index is 0.250. The molecule has 2 N–H and O–H groups in total. The highest BCUT2D eigenvalue weighted by Gasteiger charge is 2.12. The number of anilines is 1. The molecule has 3 aromatic rings. The summed E-state index contributed by atoms with van der Waals surface area (Å²) in [5.41, 5.74) is 4.28. The number of nitrogens with zero attached hydrogens (tertiary/aromatic N) is 2. The van der Waals surface area contributed by atoms with Gasteiger partial charge in [0.05, 0.1) is 23.3 Å². The van der Waals surface area contributed by atoms with E-state index in [1.165, 1.54) is 25.9 Å². The first-order valence-electron chi connectivity index (χ1n) is 10.1. The van der Waals surface area contributed by atoms with E-state index in [4.69, 9.17) is 19.6 Å². The van der Waals surface area contributed by atoms with Crippen LogP contribution in [-0.2, 0) is 4.79 Å². The Hall–Kier alpha value is -2.86. The Morgan fingerprint density at radius 2 is 1.90 bits per heavy atom.